The monoisotopic (exact) mass is 261 g/mol. The third-order valence-corrected chi connectivity index (χ3v) is 2.69. The minimum absolute atomic E-state index is 0.154. The number of carbonyl (C=O) groups excluding carboxylic acids is 1. The first kappa shape index (κ1) is 13.1. The fourth-order valence-corrected chi connectivity index (χ4v) is 1.88. The van der Waals surface area contributed by atoms with Crippen LogP contribution < -0.4 is 5.32 Å². The summed E-state index contributed by atoms with van der Waals surface area (Å²) >= 11 is 0. The molecule has 1 aromatic heterocycles. The first-order valence-electron chi connectivity index (χ1n) is 5.90. The number of para-hydroxylation sites is 1. The Bertz CT molecular complexity index is 594. The molecule has 0 saturated heterocycles. The van der Waals surface area contributed by atoms with Gasteiger partial charge in [0, 0.05) is 10.9 Å². The summed E-state index contributed by atoms with van der Waals surface area (Å²) in [4.78, 5) is 22.7. The van der Waals surface area contributed by atoms with Gasteiger partial charge in [0.25, 0.3) is 5.91 Å². The van der Waals surface area contributed by atoms with Crippen LogP contribution in [0.4, 0.5) is 0 Å². The molecule has 0 spiro atoms. The molecule has 19 heavy (non-hydrogen) atoms. The third kappa shape index (κ3) is 3.13. The maximum absolute atomic E-state index is 12.0. The lowest BCUT2D eigenvalue weighted by Gasteiger charge is -2.23. The van der Waals surface area contributed by atoms with Gasteiger partial charge in [-0.25, -0.2) is 0 Å². The minimum Gasteiger partial charge on any atom is -0.481 e. The fraction of sp³-hybridized carbons (Fsp3) is 0.286. The zero-order valence-corrected chi connectivity index (χ0v) is 10.8. The lowest BCUT2D eigenvalue weighted by atomic mass is 10.0. The molecule has 2 rings (SSSR count). The lowest BCUT2D eigenvalue weighted by Crippen LogP contribution is -2.44. The maximum Gasteiger partial charge on any atom is 0.305 e. The van der Waals surface area contributed by atoms with Crippen LogP contribution in [0.5, 0.6) is 0 Å². The smallest absolute Gasteiger partial charge is 0.305 e. The van der Waals surface area contributed by atoms with Gasteiger partial charge in [-0.2, -0.15) is 0 Å². The lowest BCUT2D eigenvalue weighted by molar-refractivity contribution is -0.138. The highest BCUT2D eigenvalue weighted by Crippen LogP contribution is 2.19. The summed E-state index contributed by atoms with van der Waals surface area (Å²) < 4.78 is 5.42. The van der Waals surface area contributed by atoms with Crippen LogP contribution in [0.3, 0.4) is 0 Å². The van der Waals surface area contributed by atoms with Crippen LogP contribution in [0.1, 0.15) is 30.8 Å². The van der Waals surface area contributed by atoms with E-state index in [9.17, 15) is 9.59 Å². The van der Waals surface area contributed by atoms with Gasteiger partial charge in [0.05, 0.1) is 6.42 Å². The Morgan fingerprint density at radius 3 is 2.63 bits per heavy atom. The van der Waals surface area contributed by atoms with Gasteiger partial charge >= 0.3 is 5.97 Å². The molecule has 0 aliphatic heterocycles. The number of amides is 1. The molecule has 5 nitrogen and oxygen atoms in total. The first-order chi connectivity index (χ1) is 8.87. The van der Waals surface area contributed by atoms with Crippen molar-refractivity contribution in [3.8, 4) is 0 Å². The van der Waals surface area contributed by atoms with E-state index in [1.54, 1.807) is 26.0 Å². The van der Waals surface area contributed by atoms with Crippen molar-refractivity contribution in [1.29, 1.82) is 0 Å². The Kier molecular flexibility index (Phi) is 3.29. The Morgan fingerprint density at radius 1 is 1.32 bits per heavy atom. The second-order valence-electron chi connectivity index (χ2n) is 5.06. The van der Waals surface area contributed by atoms with Crippen molar-refractivity contribution >= 4 is 22.8 Å². The Hall–Kier alpha value is -2.30. The third-order valence-electron chi connectivity index (χ3n) is 2.69. The average Bonchev–Trinajstić information content (AvgIpc) is 2.69. The summed E-state index contributed by atoms with van der Waals surface area (Å²) in [5, 5.41) is 12.3. The van der Waals surface area contributed by atoms with Crippen LogP contribution in [0, 0.1) is 0 Å². The SMILES string of the molecule is CC(C)(CC(=O)O)NC(=O)c1cc2ccccc2o1. The topological polar surface area (TPSA) is 79.5 Å². The molecular weight excluding hydrogens is 246 g/mol. The number of fused-ring (bicyclic) bond motifs is 1. The van der Waals surface area contributed by atoms with Gasteiger partial charge in [0.1, 0.15) is 5.58 Å². The molecule has 0 aliphatic carbocycles. The fourth-order valence-electron chi connectivity index (χ4n) is 1.88. The normalized spacial score (nSPS) is 11.5. The molecule has 2 aromatic rings. The van der Waals surface area contributed by atoms with Crippen LogP contribution in [-0.4, -0.2) is 22.5 Å². The number of nitrogens with one attached hydrogen (secondary N) is 1. The van der Waals surface area contributed by atoms with Gasteiger partial charge in [-0.15, -0.1) is 0 Å². The predicted octanol–water partition coefficient (Wildman–Crippen LogP) is 2.42. The number of hydrogen-bond acceptors (Lipinski definition) is 3. The number of carbonyl (C=O) groups is 2. The minimum atomic E-state index is -0.963. The second kappa shape index (κ2) is 4.76. The van der Waals surface area contributed by atoms with Crippen molar-refractivity contribution in [1.82, 2.24) is 5.32 Å². The number of aliphatic carboxylic acids is 1. The second-order valence-corrected chi connectivity index (χ2v) is 5.06. The summed E-state index contributed by atoms with van der Waals surface area (Å²) in [6.45, 7) is 3.31. The van der Waals surface area contributed by atoms with Gasteiger partial charge in [-0.3, -0.25) is 9.59 Å². The van der Waals surface area contributed by atoms with E-state index in [4.69, 9.17) is 9.52 Å². The van der Waals surface area contributed by atoms with E-state index in [0.29, 0.717) is 5.58 Å². The number of carboxylic acid groups (broad SMARTS) is 1. The summed E-state index contributed by atoms with van der Waals surface area (Å²) in [6.07, 6.45) is -0.154. The summed E-state index contributed by atoms with van der Waals surface area (Å²) in [7, 11) is 0. The standard InChI is InChI=1S/C14H15NO4/c1-14(2,8-12(16)17)15-13(18)11-7-9-5-3-4-6-10(9)19-11/h3-7H,8H2,1-2H3,(H,15,18)(H,16,17). The molecule has 0 bridgehead atoms. The molecule has 2 N–H and O–H groups in total. The number of benzene rings is 1. The quantitative estimate of drug-likeness (QED) is 0.885. The van der Waals surface area contributed by atoms with Crippen LogP contribution >= 0.6 is 0 Å². The van der Waals surface area contributed by atoms with Gasteiger partial charge < -0.3 is 14.8 Å². The summed E-state index contributed by atoms with van der Waals surface area (Å²) in [6, 6.07) is 8.93. The number of furan rings is 1. The molecule has 0 aliphatic rings. The molecule has 5 heteroatoms. The van der Waals surface area contributed by atoms with E-state index in [-0.39, 0.29) is 12.2 Å². The van der Waals surface area contributed by atoms with Gasteiger partial charge in [-0.1, -0.05) is 18.2 Å². The van der Waals surface area contributed by atoms with Crippen LogP contribution in [0.25, 0.3) is 11.0 Å². The largest absolute Gasteiger partial charge is 0.481 e. The molecule has 1 heterocycles. The van der Waals surface area contributed by atoms with Crippen molar-refractivity contribution in [3.05, 3.63) is 36.1 Å². The highest BCUT2D eigenvalue weighted by molar-refractivity contribution is 5.96. The molecule has 0 unspecified atom stereocenters. The van der Waals surface area contributed by atoms with Crippen LogP contribution in [0.15, 0.2) is 34.7 Å². The van der Waals surface area contributed by atoms with Gasteiger partial charge in [-0.05, 0) is 26.0 Å². The molecule has 100 valence electrons. The van der Waals surface area contributed by atoms with E-state index >= 15 is 0 Å². The van der Waals surface area contributed by atoms with Crippen molar-refractivity contribution < 1.29 is 19.1 Å². The molecule has 0 saturated carbocycles. The zero-order chi connectivity index (χ0) is 14.0. The average molecular weight is 261 g/mol. The van der Waals surface area contributed by atoms with Crippen LogP contribution in [0.2, 0.25) is 0 Å². The molecule has 0 fully saturated rings. The van der Waals surface area contributed by atoms with Gasteiger partial charge in [0.15, 0.2) is 5.76 Å². The number of hydrogen-bond donors (Lipinski definition) is 2. The first-order valence-corrected chi connectivity index (χ1v) is 5.90. The van der Waals surface area contributed by atoms with E-state index < -0.39 is 17.4 Å². The Balaban J connectivity index is 2.17. The number of rotatable bonds is 4. The van der Waals surface area contributed by atoms with Crippen LogP contribution in [-0.2, 0) is 4.79 Å². The van der Waals surface area contributed by atoms with E-state index in [1.807, 2.05) is 18.2 Å². The highest BCUT2D eigenvalue weighted by Gasteiger charge is 2.25. The van der Waals surface area contributed by atoms with E-state index in [2.05, 4.69) is 5.32 Å². The van der Waals surface area contributed by atoms with E-state index in [0.717, 1.165) is 5.39 Å². The van der Waals surface area contributed by atoms with Crippen molar-refractivity contribution in [2.24, 2.45) is 0 Å². The predicted molar refractivity (Wildman–Crippen MR) is 70.0 cm³/mol. The highest BCUT2D eigenvalue weighted by atomic mass is 16.4. The van der Waals surface area contributed by atoms with Crippen molar-refractivity contribution in [2.75, 3.05) is 0 Å². The maximum atomic E-state index is 12.0. The molecular formula is C14H15NO4. The van der Waals surface area contributed by atoms with Gasteiger partial charge in [0.2, 0.25) is 0 Å². The van der Waals surface area contributed by atoms with Crippen molar-refractivity contribution in [3.63, 3.8) is 0 Å². The Labute approximate surface area is 110 Å². The Morgan fingerprint density at radius 2 is 2.00 bits per heavy atom. The van der Waals surface area contributed by atoms with Crippen molar-refractivity contribution in [2.45, 2.75) is 25.8 Å². The zero-order valence-electron chi connectivity index (χ0n) is 10.8. The molecule has 1 aromatic carbocycles. The molecule has 0 radical (unpaired) electrons. The molecule has 1 amide bonds. The summed E-state index contributed by atoms with van der Waals surface area (Å²) in [5.41, 5.74) is -0.203. The summed E-state index contributed by atoms with van der Waals surface area (Å²) in [5.74, 6) is -1.20. The van der Waals surface area contributed by atoms with E-state index in [1.165, 1.54) is 0 Å². The molecule has 0 atom stereocenters. The number of carboxylic acids is 1.